The van der Waals surface area contributed by atoms with Gasteiger partial charge in [0.25, 0.3) is 5.56 Å². The van der Waals surface area contributed by atoms with Crippen molar-refractivity contribution in [1.29, 1.82) is 5.26 Å². The van der Waals surface area contributed by atoms with Crippen molar-refractivity contribution in [2.24, 2.45) is 0 Å². The largest absolute Gasteiger partial charge is 0.268 e. The normalized spacial score (nSPS) is 11.2. The first kappa shape index (κ1) is 13.5. The lowest BCUT2D eigenvalue weighted by atomic mass is 10.1. The third-order valence-electron chi connectivity index (χ3n) is 4.40. The van der Waals surface area contributed by atoms with E-state index in [1.165, 1.54) is 0 Å². The van der Waals surface area contributed by atoms with E-state index in [0.717, 1.165) is 22.0 Å². The summed E-state index contributed by atoms with van der Waals surface area (Å²) in [7, 11) is 0. The molecule has 0 amide bonds. The van der Waals surface area contributed by atoms with Gasteiger partial charge in [0.2, 0.25) is 0 Å². The number of aryl methyl sites for hydroxylation is 2. The molecule has 2 aromatic heterocycles. The van der Waals surface area contributed by atoms with Crippen LogP contribution >= 0.6 is 0 Å². The lowest BCUT2D eigenvalue weighted by molar-refractivity contribution is 1.12. The summed E-state index contributed by atoms with van der Waals surface area (Å²) in [5.41, 5.74) is 4.16. The molecule has 0 fully saturated rings. The van der Waals surface area contributed by atoms with Crippen LogP contribution in [-0.4, -0.2) is 9.38 Å². The zero-order valence-corrected chi connectivity index (χ0v) is 12.8. The zero-order chi connectivity index (χ0) is 16.1. The molecule has 0 bridgehead atoms. The van der Waals surface area contributed by atoms with Crippen molar-refractivity contribution in [2.45, 2.75) is 13.8 Å². The standard InChI is InChI=1S/C19H13N3O/c1-11-7-8-15-17(12(11)2)21-18-14(10-20)9-13-5-3-4-6-16(13)22(18)19(15)23/h3-9H,1-2H3. The fourth-order valence-corrected chi connectivity index (χ4v) is 3.01. The topological polar surface area (TPSA) is 58.2 Å². The van der Waals surface area contributed by atoms with Crippen LogP contribution < -0.4 is 5.56 Å². The minimum atomic E-state index is -0.138. The highest BCUT2D eigenvalue weighted by Gasteiger charge is 2.14. The maximum atomic E-state index is 13.0. The van der Waals surface area contributed by atoms with Gasteiger partial charge in [0.05, 0.1) is 22.0 Å². The molecule has 0 spiro atoms. The number of fused-ring (bicyclic) bond motifs is 4. The quantitative estimate of drug-likeness (QED) is 0.369. The van der Waals surface area contributed by atoms with E-state index in [9.17, 15) is 10.1 Å². The molecule has 0 saturated carbocycles. The summed E-state index contributed by atoms with van der Waals surface area (Å²) in [5.74, 6) is 0. The van der Waals surface area contributed by atoms with E-state index in [4.69, 9.17) is 0 Å². The molecule has 0 unspecified atom stereocenters. The van der Waals surface area contributed by atoms with Gasteiger partial charge in [-0.25, -0.2) is 4.98 Å². The van der Waals surface area contributed by atoms with Gasteiger partial charge in [-0.1, -0.05) is 24.3 Å². The second-order valence-corrected chi connectivity index (χ2v) is 5.71. The molecule has 4 heteroatoms. The number of rotatable bonds is 0. The highest BCUT2D eigenvalue weighted by Crippen LogP contribution is 2.22. The second kappa shape index (κ2) is 4.65. The predicted octanol–water partition coefficient (Wildman–Crippen LogP) is 3.49. The molecule has 0 N–H and O–H groups in total. The van der Waals surface area contributed by atoms with Gasteiger partial charge in [0, 0.05) is 5.39 Å². The van der Waals surface area contributed by atoms with Gasteiger partial charge < -0.3 is 0 Å². The molecule has 4 rings (SSSR count). The number of aromatic nitrogens is 2. The van der Waals surface area contributed by atoms with E-state index >= 15 is 0 Å². The maximum Gasteiger partial charge on any atom is 0.266 e. The van der Waals surface area contributed by atoms with Gasteiger partial charge in [0.15, 0.2) is 5.65 Å². The molecule has 0 atom stereocenters. The summed E-state index contributed by atoms with van der Waals surface area (Å²) in [6.45, 7) is 3.94. The van der Waals surface area contributed by atoms with Crippen molar-refractivity contribution in [3.63, 3.8) is 0 Å². The maximum absolute atomic E-state index is 13.0. The molecular weight excluding hydrogens is 286 g/mol. The van der Waals surface area contributed by atoms with Crippen LogP contribution in [0.4, 0.5) is 0 Å². The summed E-state index contributed by atoms with van der Waals surface area (Å²) in [5, 5.41) is 10.9. The summed E-state index contributed by atoms with van der Waals surface area (Å²) < 4.78 is 1.55. The summed E-state index contributed by atoms with van der Waals surface area (Å²) in [6.07, 6.45) is 0. The summed E-state index contributed by atoms with van der Waals surface area (Å²) in [4.78, 5) is 17.7. The van der Waals surface area contributed by atoms with Crippen LogP contribution in [0.2, 0.25) is 0 Å². The Morgan fingerprint density at radius 3 is 2.70 bits per heavy atom. The van der Waals surface area contributed by atoms with Gasteiger partial charge in [-0.15, -0.1) is 0 Å². The van der Waals surface area contributed by atoms with E-state index in [0.29, 0.717) is 22.1 Å². The third-order valence-corrected chi connectivity index (χ3v) is 4.40. The van der Waals surface area contributed by atoms with Crippen molar-refractivity contribution < 1.29 is 0 Å². The number of hydrogen-bond donors (Lipinski definition) is 0. The molecule has 0 saturated heterocycles. The Balaban J connectivity index is 2.40. The van der Waals surface area contributed by atoms with Crippen molar-refractivity contribution in [3.05, 3.63) is 69.5 Å². The van der Waals surface area contributed by atoms with Crippen LogP contribution in [0.25, 0.3) is 27.5 Å². The highest BCUT2D eigenvalue weighted by atomic mass is 16.1. The molecule has 4 aromatic rings. The van der Waals surface area contributed by atoms with E-state index in [2.05, 4.69) is 11.1 Å². The van der Waals surface area contributed by atoms with Crippen LogP contribution in [0.3, 0.4) is 0 Å². The SMILES string of the molecule is Cc1ccc2c(=O)n3c(nc2c1C)c(C#N)cc1ccccc13. The first-order valence-electron chi connectivity index (χ1n) is 7.36. The Morgan fingerprint density at radius 2 is 1.91 bits per heavy atom. The molecular formula is C19H13N3O. The first-order chi connectivity index (χ1) is 11.1. The lowest BCUT2D eigenvalue weighted by Gasteiger charge is -2.11. The number of para-hydroxylation sites is 1. The van der Waals surface area contributed by atoms with Gasteiger partial charge in [-0.3, -0.25) is 9.20 Å². The van der Waals surface area contributed by atoms with Crippen LogP contribution in [0, 0.1) is 25.2 Å². The molecule has 2 aromatic carbocycles. The fourth-order valence-electron chi connectivity index (χ4n) is 3.01. The number of nitrogens with zero attached hydrogens (tertiary/aromatic N) is 3. The Labute approximate surface area is 132 Å². The van der Waals surface area contributed by atoms with Gasteiger partial charge in [-0.2, -0.15) is 5.26 Å². The monoisotopic (exact) mass is 299 g/mol. The molecule has 110 valence electrons. The molecule has 0 aliphatic carbocycles. The van der Waals surface area contributed by atoms with E-state index < -0.39 is 0 Å². The Bertz CT molecular complexity index is 1210. The highest BCUT2D eigenvalue weighted by molar-refractivity contribution is 5.90. The van der Waals surface area contributed by atoms with Crippen molar-refractivity contribution in [1.82, 2.24) is 9.38 Å². The van der Waals surface area contributed by atoms with Crippen LogP contribution in [0.1, 0.15) is 16.7 Å². The van der Waals surface area contributed by atoms with Crippen LogP contribution in [0.15, 0.2) is 47.3 Å². The van der Waals surface area contributed by atoms with Crippen LogP contribution in [-0.2, 0) is 0 Å². The average molecular weight is 299 g/mol. The fraction of sp³-hybridized carbons (Fsp3) is 0.105. The minimum absolute atomic E-state index is 0.138. The first-order valence-corrected chi connectivity index (χ1v) is 7.36. The van der Waals surface area contributed by atoms with Crippen LogP contribution in [0.5, 0.6) is 0 Å². The molecule has 0 radical (unpaired) electrons. The number of hydrogen-bond acceptors (Lipinski definition) is 3. The number of pyridine rings is 1. The average Bonchev–Trinajstić information content (AvgIpc) is 2.57. The summed E-state index contributed by atoms with van der Waals surface area (Å²) in [6, 6.07) is 15.2. The molecule has 23 heavy (non-hydrogen) atoms. The van der Waals surface area contributed by atoms with Crippen molar-refractivity contribution in [2.75, 3.05) is 0 Å². The lowest BCUT2D eigenvalue weighted by Crippen LogP contribution is -2.17. The van der Waals surface area contributed by atoms with Crippen molar-refractivity contribution in [3.8, 4) is 6.07 Å². The third kappa shape index (κ3) is 1.77. The molecule has 0 aliphatic heterocycles. The minimum Gasteiger partial charge on any atom is -0.268 e. The Hall–Kier alpha value is -3.19. The number of benzene rings is 2. The van der Waals surface area contributed by atoms with Gasteiger partial charge in [-0.05, 0) is 43.2 Å². The molecule has 2 heterocycles. The Morgan fingerprint density at radius 1 is 1.13 bits per heavy atom. The van der Waals surface area contributed by atoms with E-state index in [-0.39, 0.29) is 5.56 Å². The Kier molecular flexibility index (Phi) is 2.73. The van der Waals surface area contributed by atoms with E-state index in [1.807, 2.05) is 50.2 Å². The summed E-state index contributed by atoms with van der Waals surface area (Å²) >= 11 is 0. The van der Waals surface area contributed by atoms with E-state index in [1.54, 1.807) is 10.5 Å². The molecule has 4 nitrogen and oxygen atoms in total. The smallest absolute Gasteiger partial charge is 0.266 e. The number of nitriles is 1. The van der Waals surface area contributed by atoms with Gasteiger partial charge in [0.1, 0.15) is 6.07 Å². The molecule has 0 aliphatic rings. The predicted molar refractivity (Wildman–Crippen MR) is 90.7 cm³/mol. The zero-order valence-electron chi connectivity index (χ0n) is 12.8. The second-order valence-electron chi connectivity index (χ2n) is 5.71. The van der Waals surface area contributed by atoms with Gasteiger partial charge >= 0.3 is 0 Å². The van der Waals surface area contributed by atoms with Crippen molar-refractivity contribution >= 4 is 27.5 Å².